The van der Waals surface area contributed by atoms with E-state index in [1.807, 2.05) is 0 Å². The van der Waals surface area contributed by atoms with Crippen molar-refractivity contribution in [1.29, 1.82) is 5.26 Å². The third-order valence-corrected chi connectivity index (χ3v) is 3.81. The van der Waals surface area contributed by atoms with Crippen molar-refractivity contribution in [3.8, 4) is 11.8 Å². The Hall–Kier alpha value is -2.29. The molecule has 0 aliphatic rings. The molecule has 22 heavy (non-hydrogen) atoms. The number of hydrogen-bond donors (Lipinski definition) is 2. The number of rotatable bonds is 3. The smallest absolute Gasteiger partial charge is 0.335 e. The Morgan fingerprint density at radius 1 is 1.23 bits per heavy atom. The first-order chi connectivity index (χ1) is 10.4. The lowest BCUT2D eigenvalue weighted by atomic mass is 10.0. The molecule has 0 aliphatic carbocycles. The number of halogens is 2. The van der Waals surface area contributed by atoms with Crippen LogP contribution in [0.1, 0.15) is 21.5 Å². The highest BCUT2D eigenvalue weighted by atomic mass is 79.9. The quantitative estimate of drug-likeness (QED) is 0.605. The van der Waals surface area contributed by atoms with Crippen LogP contribution in [0.3, 0.4) is 0 Å². The van der Waals surface area contributed by atoms with Crippen molar-refractivity contribution in [3.05, 3.63) is 62.6 Å². The van der Waals surface area contributed by atoms with Gasteiger partial charge in [0, 0.05) is 0 Å². The van der Waals surface area contributed by atoms with Crippen molar-refractivity contribution in [1.82, 2.24) is 0 Å². The number of carboxylic acids is 1. The number of carboxylic acid groups (broad SMARTS) is 1. The van der Waals surface area contributed by atoms with E-state index in [-0.39, 0.29) is 16.3 Å². The van der Waals surface area contributed by atoms with Gasteiger partial charge in [0.15, 0.2) is 0 Å². The highest BCUT2D eigenvalue weighted by Gasteiger charge is 2.08. The van der Waals surface area contributed by atoms with Gasteiger partial charge in [0.25, 0.3) is 0 Å². The van der Waals surface area contributed by atoms with Crippen LogP contribution in [0.4, 0.5) is 0 Å². The van der Waals surface area contributed by atoms with E-state index in [2.05, 4.69) is 22.0 Å². The molecular formula is C16H9BrClNO3. The van der Waals surface area contributed by atoms with E-state index < -0.39 is 5.97 Å². The van der Waals surface area contributed by atoms with E-state index in [9.17, 15) is 15.2 Å². The third kappa shape index (κ3) is 3.48. The molecule has 0 amide bonds. The van der Waals surface area contributed by atoms with Crippen molar-refractivity contribution in [2.45, 2.75) is 0 Å². The summed E-state index contributed by atoms with van der Waals surface area (Å²) in [6.45, 7) is 0. The first-order valence-electron chi connectivity index (χ1n) is 6.06. The van der Waals surface area contributed by atoms with Gasteiger partial charge in [-0.15, -0.1) is 0 Å². The summed E-state index contributed by atoms with van der Waals surface area (Å²) in [5.74, 6) is -1.09. The Bertz CT molecular complexity index is 784. The normalized spacial score (nSPS) is 11.0. The van der Waals surface area contributed by atoms with Crippen molar-refractivity contribution in [2.24, 2.45) is 0 Å². The third-order valence-electron chi connectivity index (χ3n) is 2.91. The second kappa shape index (κ2) is 6.65. The minimum atomic E-state index is -1.02. The van der Waals surface area contributed by atoms with Gasteiger partial charge in [-0.2, -0.15) is 5.26 Å². The summed E-state index contributed by atoms with van der Waals surface area (Å²) in [7, 11) is 0. The largest absolute Gasteiger partial charge is 0.505 e. The molecule has 0 saturated carbocycles. The lowest BCUT2D eigenvalue weighted by Gasteiger charge is -2.04. The zero-order valence-electron chi connectivity index (χ0n) is 11.0. The maximum atomic E-state index is 10.8. The molecular weight excluding hydrogens is 370 g/mol. The van der Waals surface area contributed by atoms with Gasteiger partial charge in [0.05, 0.1) is 26.7 Å². The molecule has 2 rings (SSSR count). The highest BCUT2D eigenvalue weighted by Crippen LogP contribution is 2.34. The summed E-state index contributed by atoms with van der Waals surface area (Å²) in [6.07, 6.45) is 1.60. The van der Waals surface area contributed by atoms with Crippen molar-refractivity contribution in [2.75, 3.05) is 0 Å². The molecule has 2 N–H and O–H groups in total. The summed E-state index contributed by atoms with van der Waals surface area (Å²) in [5.41, 5.74) is 1.73. The molecule has 0 saturated heterocycles. The van der Waals surface area contributed by atoms with Crippen LogP contribution >= 0.6 is 27.5 Å². The van der Waals surface area contributed by atoms with Gasteiger partial charge >= 0.3 is 5.97 Å². The van der Waals surface area contributed by atoms with Crippen LogP contribution in [0, 0.1) is 11.3 Å². The first kappa shape index (κ1) is 16.1. The number of phenolic OH excluding ortho intramolecular Hbond substituents is 1. The van der Waals surface area contributed by atoms with Gasteiger partial charge in [0.2, 0.25) is 0 Å². The van der Waals surface area contributed by atoms with Gasteiger partial charge < -0.3 is 10.2 Å². The van der Waals surface area contributed by atoms with Crippen LogP contribution in [0.25, 0.3) is 11.6 Å². The van der Waals surface area contributed by atoms with Gasteiger partial charge in [0.1, 0.15) is 5.75 Å². The molecule has 4 nitrogen and oxygen atoms in total. The predicted molar refractivity (Wildman–Crippen MR) is 87.7 cm³/mol. The minimum Gasteiger partial charge on any atom is -0.505 e. The average molecular weight is 379 g/mol. The van der Waals surface area contributed by atoms with E-state index in [0.29, 0.717) is 21.2 Å². The summed E-state index contributed by atoms with van der Waals surface area (Å²) in [4.78, 5) is 10.8. The maximum Gasteiger partial charge on any atom is 0.335 e. The number of phenols is 1. The monoisotopic (exact) mass is 377 g/mol. The van der Waals surface area contributed by atoms with Gasteiger partial charge in [-0.1, -0.05) is 23.7 Å². The van der Waals surface area contributed by atoms with E-state index in [0.717, 1.165) is 0 Å². The molecule has 0 bridgehead atoms. The average Bonchev–Trinajstić information content (AvgIpc) is 2.50. The number of nitrogens with zero attached hydrogens (tertiary/aromatic N) is 1. The minimum absolute atomic E-state index is 0.0665. The standard InChI is InChI=1S/C16H9BrClNO3/c17-13-6-9(7-14(18)15(13)20)5-12(8-19)10-1-3-11(4-2-10)16(21)22/h1-7,20H,(H,21,22)/b12-5-. The second-order valence-corrected chi connectivity index (χ2v) is 5.65. The van der Waals surface area contributed by atoms with Gasteiger partial charge in [-0.05, 0) is 57.4 Å². The van der Waals surface area contributed by atoms with Gasteiger partial charge in [-0.3, -0.25) is 0 Å². The topological polar surface area (TPSA) is 81.3 Å². The molecule has 0 radical (unpaired) electrons. The van der Waals surface area contributed by atoms with Crippen LogP contribution in [0.15, 0.2) is 40.9 Å². The number of aromatic hydroxyl groups is 1. The predicted octanol–water partition coefficient (Wildman–Crippen LogP) is 4.57. The van der Waals surface area contributed by atoms with Crippen molar-refractivity contribution < 1.29 is 15.0 Å². The fourth-order valence-corrected chi connectivity index (χ4v) is 2.63. The Labute approximate surface area is 140 Å². The number of aromatic carboxylic acids is 1. The number of carbonyl (C=O) groups is 1. The van der Waals surface area contributed by atoms with Crippen LogP contribution in [0.2, 0.25) is 5.02 Å². The van der Waals surface area contributed by atoms with Crippen molar-refractivity contribution in [3.63, 3.8) is 0 Å². The Morgan fingerprint density at radius 2 is 1.82 bits per heavy atom. The van der Waals surface area contributed by atoms with E-state index in [4.69, 9.17) is 16.7 Å². The number of benzene rings is 2. The van der Waals surface area contributed by atoms with Crippen LogP contribution in [0.5, 0.6) is 5.75 Å². The van der Waals surface area contributed by atoms with Crippen LogP contribution in [-0.2, 0) is 0 Å². The summed E-state index contributed by atoms with van der Waals surface area (Å²) < 4.78 is 0.421. The SMILES string of the molecule is N#C/C(=C/c1cc(Cl)c(O)c(Br)c1)c1ccc(C(=O)O)cc1. The van der Waals surface area contributed by atoms with Crippen LogP contribution in [-0.4, -0.2) is 16.2 Å². The molecule has 110 valence electrons. The zero-order valence-corrected chi connectivity index (χ0v) is 13.4. The van der Waals surface area contributed by atoms with Crippen LogP contribution < -0.4 is 0 Å². The zero-order chi connectivity index (χ0) is 16.3. The molecule has 0 fully saturated rings. The van der Waals surface area contributed by atoms with E-state index in [1.165, 1.54) is 18.2 Å². The summed E-state index contributed by atoms with van der Waals surface area (Å²) in [6, 6.07) is 11.2. The molecule has 0 atom stereocenters. The fourth-order valence-electron chi connectivity index (χ4n) is 1.81. The molecule has 6 heteroatoms. The Balaban J connectivity index is 2.44. The fraction of sp³-hybridized carbons (Fsp3) is 0. The number of allylic oxidation sites excluding steroid dienone is 1. The molecule has 0 heterocycles. The summed E-state index contributed by atoms with van der Waals surface area (Å²) >= 11 is 9.07. The van der Waals surface area contributed by atoms with Crippen molar-refractivity contribution >= 4 is 45.1 Å². The molecule has 2 aromatic rings. The molecule has 0 aromatic heterocycles. The highest BCUT2D eigenvalue weighted by molar-refractivity contribution is 9.10. The lowest BCUT2D eigenvalue weighted by molar-refractivity contribution is 0.0697. The number of hydrogen-bond acceptors (Lipinski definition) is 3. The second-order valence-electron chi connectivity index (χ2n) is 4.39. The summed E-state index contributed by atoms with van der Waals surface area (Å²) in [5, 5.41) is 27.9. The Kier molecular flexibility index (Phi) is 4.86. The lowest BCUT2D eigenvalue weighted by Crippen LogP contribution is -1.95. The molecule has 0 aliphatic heterocycles. The maximum absolute atomic E-state index is 10.8. The number of nitriles is 1. The Morgan fingerprint density at radius 3 is 2.32 bits per heavy atom. The van der Waals surface area contributed by atoms with E-state index in [1.54, 1.807) is 24.3 Å². The molecule has 2 aromatic carbocycles. The van der Waals surface area contributed by atoms with E-state index >= 15 is 0 Å². The molecule has 0 spiro atoms. The molecule has 0 unspecified atom stereocenters. The first-order valence-corrected chi connectivity index (χ1v) is 7.23. The van der Waals surface area contributed by atoms with Gasteiger partial charge in [-0.25, -0.2) is 4.79 Å².